The Morgan fingerprint density at radius 3 is 2.67 bits per heavy atom. The maximum Gasteiger partial charge on any atom is 0.258 e. The topological polar surface area (TPSA) is 65.4 Å². The lowest BCUT2D eigenvalue weighted by molar-refractivity contribution is -0.123. The Bertz CT molecular complexity index is 1010. The molecule has 1 unspecified atom stereocenters. The average Bonchev–Trinajstić information content (AvgIpc) is 3.17. The van der Waals surface area contributed by atoms with Gasteiger partial charge < -0.3 is 19.4 Å². The first-order valence-corrected chi connectivity index (χ1v) is 9.44. The third-order valence-electron chi connectivity index (χ3n) is 4.59. The first kappa shape index (κ1) is 21.1. The minimum atomic E-state index is -0.543. The molecule has 0 aliphatic carbocycles. The van der Waals surface area contributed by atoms with Crippen LogP contribution < -0.4 is 14.8 Å². The molecule has 0 spiro atoms. The number of hydrogen-bond donors (Lipinski definition) is 1. The summed E-state index contributed by atoms with van der Waals surface area (Å²) in [5.41, 5.74) is 1.75. The number of halogens is 1. The molecular formula is C23H24FN3O3. The Morgan fingerprint density at radius 1 is 1.27 bits per heavy atom. The van der Waals surface area contributed by atoms with Gasteiger partial charge in [0.25, 0.3) is 5.91 Å². The highest BCUT2D eigenvalue weighted by Crippen LogP contribution is 2.28. The lowest BCUT2D eigenvalue weighted by Gasteiger charge is -2.19. The van der Waals surface area contributed by atoms with Gasteiger partial charge in [0.1, 0.15) is 17.7 Å². The molecule has 7 heteroatoms. The summed E-state index contributed by atoms with van der Waals surface area (Å²) in [7, 11) is 3.38. The number of hydrogen-bond acceptors (Lipinski definition) is 4. The summed E-state index contributed by atoms with van der Waals surface area (Å²) in [5.74, 6) is 0.946. The lowest BCUT2D eigenvalue weighted by Crippen LogP contribution is -2.34. The van der Waals surface area contributed by atoms with E-state index in [1.807, 2.05) is 19.2 Å². The van der Waals surface area contributed by atoms with E-state index >= 15 is 0 Å². The minimum Gasteiger partial charge on any atom is -0.493 e. The first-order valence-electron chi connectivity index (χ1n) is 9.44. The predicted molar refractivity (Wildman–Crippen MR) is 112 cm³/mol. The van der Waals surface area contributed by atoms with Crippen molar-refractivity contribution in [3.8, 4) is 11.5 Å². The van der Waals surface area contributed by atoms with E-state index in [0.717, 1.165) is 5.56 Å². The van der Waals surface area contributed by atoms with Gasteiger partial charge in [0.05, 0.1) is 7.11 Å². The van der Waals surface area contributed by atoms with E-state index in [2.05, 4.69) is 16.9 Å². The molecule has 0 saturated carbocycles. The molecule has 0 aliphatic heterocycles. The van der Waals surface area contributed by atoms with Crippen LogP contribution in [0.4, 0.5) is 4.39 Å². The van der Waals surface area contributed by atoms with Gasteiger partial charge >= 0.3 is 0 Å². The van der Waals surface area contributed by atoms with E-state index in [1.165, 1.54) is 12.1 Å². The highest BCUT2D eigenvalue weighted by molar-refractivity contribution is 5.78. The number of aryl methyl sites for hydroxylation is 1. The standard InChI is InChI=1S/C23H24FN3O3/c1-4-5-16-6-11-19(20(14-16)29-3)30-15-21(28)26-22(23-25-12-13-27(23)2)17-7-9-18(24)10-8-17/h4,6-14,22H,1,5,15H2,2-3H3,(H,26,28). The van der Waals surface area contributed by atoms with Crippen LogP contribution in [0.3, 0.4) is 0 Å². The summed E-state index contributed by atoms with van der Waals surface area (Å²) in [6, 6.07) is 10.9. The smallest absolute Gasteiger partial charge is 0.258 e. The van der Waals surface area contributed by atoms with Crippen LogP contribution in [0.1, 0.15) is 23.0 Å². The van der Waals surface area contributed by atoms with E-state index in [4.69, 9.17) is 9.47 Å². The van der Waals surface area contributed by atoms with Crippen LogP contribution in [-0.2, 0) is 18.3 Å². The van der Waals surface area contributed by atoms with Crippen LogP contribution >= 0.6 is 0 Å². The van der Waals surface area contributed by atoms with Crippen molar-refractivity contribution in [2.24, 2.45) is 7.05 Å². The van der Waals surface area contributed by atoms with Crippen LogP contribution in [0.2, 0.25) is 0 Å². The lowest BCUT2D eigenvalue weighted by atomic mass is 10.1. The number of benzene rings is 2. The largest absolute Gasteiger partial charge is 0.493 e. The Kier molecular flexibility index (Phi) is 6.85. The number of carbonyl (C=O) groups excluding carboxylic acids is 1. The molecule has 0 radical (unpaired) electrons. The second-order valence-electron chi connectivity index (χ2n) is 6.72. The summed E-state index contributed by atoms with van der Waals surface area (Å²) in [6.45, 7) is 3.52. The van der Waals surface area contributed by atoms with Crippen LogP contribution in [0.5, 0.6) is 11.5 Å². The van der Waals surface area contributed by atoms with Crippen molar-refractivity contribution in [3.63, 3.8) is 0 Å². The number of carbonyl (C=O) groups is 1. The van der Waals surface area contributed by atoms with Crippen molar-refractivity contribution in [1.82, 2.24) is 14.9 Å². The number of amides is 1. The van der Waals surface area contributed by atoms with Crippen molar-refractivity contribution >= 4 is 5.91 Å². The van der Waals surface area contributed by atoms with Gasteiger partial charge in [0.15, 0.2) is 18.1 Å². The fourth-order valence-electron chi connectivity index (χ4n) is 3.08. The summed E-state index contributed by atoms with van der Waals surface area (Å²) < 4.78 is 26.2. The molecule has 0 aliphatic rings. The third-order valence-corrected chi connectivity index (χ3v) is 4.59. The fraction of sp³-hybridized carbons (Fsp3) is 0.217. The monoisotopic (exact) mass is 409 g/mol. The van der Waals surface area contributed by atoms with Gasteiger partial charge in [-0.2, -0.15) is 0 Å². The number of aromatic nitrogens is 2. The highest BCUT2D eigenvalue weighted by atomic mass is 19.1. The zero-order valence-electron chi connectivity index (χ0n) is 17.0. The quantitative estimate of drug-likeness (QED) is 0.549. The molecule has 0 bridgehead atoms. The van der Waals surface area contributed by atoms with Crippen molar-refractivity contribution in [3.05, 3.63) is 90.3 Å². The van der Waals surface area contributed by atoms with Gasteiger partial charge in [-0.1, -0.05) is 24.3 Å². The van der Waals surface area contributed by atoms with E-state index < -0.39 is 6.04 Å². The molecule has 1 atom stereocenters. The molecule has 1 aromatic heterocycles. The van der Waals surface area contributed by atoms with Crippen LogP contribution in [0, 0.1) is 5.82 Å². The normalized spacial score (nSPS) is 11.6. The molecule has 3 rings (SSSR count). The van der Waals surface area contributed by atoms with E-state index in [-0.39, 0.29) is 18.3 Å². The maximum atomic E-state index is 13.3. The molecule has 0 saturated heterocycles. The average molecular weight is 409 g/mol. The van der Waals surface area contributed by atoms with Crippen molar-refractivity contribution in [1.29, 1.82) is 0 Å². The van der Waals surface area contributed by atoms with Crippen molar-refractivity contribution in [2.75, 3.05) is 13.7 Å². The Labute approximate surface area is 175 Å². The molecule has 30 heavy (non-hydrogen) atoms. The number of ether oxygens (including phenoxy) is 2. The zero-order valence-corrected chi connectivity index (χ0v) is 17.0. The second-order valence-corrected chi connectivity index (χ2v) is 6.72. The summed E-state index contributed by atoms with van der Waals surface area (Å²) in [6.07, 6.45) is 5.93. The minimum absolute atomic E-state index is 0.209. The number of nitrogens with one attached hydrogen (secondary N) is 1. The van der Waals surface area contributed by atoms with Crippen molar-refractivity contribution in [2.45, 2.75) is 12.5 Å². The van der Waals surface area contributed by atoms with Gasteiger partial charge in [-0.05, 0) is 41.8 Å². The molecule has 0 fully saturated rings. The predicted octanol–water partition coefficient (Wildman–Crippen LogP) is 3.58. The SMILES string of the molecule is C=CCc1ccc(OCC(=O)NC(c2ccc(F)cc2)c2nccn2C)c(OC)c1. The molecule has 1 N–H and O–H groups in total. The summed E-state index contributed by atoms with van der Waals surface area (Å²) in [5, 5.41) is 2.91. The number of allylic oxidation sites excluding steroid dienone is 1. The summed E-state index contributed by atoms with van der Waals surface area (Å²) >= 11 is 0. The highest BCUT2D eigenvalue weighted by Gasteiger charge is 2.21. The molecular weight excluding hydrogens is 385 g/mol. The second kappa shape index (κ2) is 9.73. The fourth-order valence-corrected chi connectivity index (χ4v) is 3.08. The molecule has 1 amide bonds. The Hall–Kier alpha value is -3.61. The Morgan fingerprint density at radius 2 is 2.03 bits per heavy atom. The van der Waals surface area contributed by atoms with Crippen LogP contribution in [0.15, 0.2) is 67.5 Å². The Balaban J connectivity index is 1.73. The molecule has 6 nitrogen and oxygen atoms in total. The van der Waals surface area contributed by atoms with Gasteiger partial charge in [0, 0.05) is 19.4 Å². The van der Waals surface area contributed by atoms with E-state index in [0.29, 0.717) is 29.3 Å². The first-order chi connectivity index (χ1) is 14.5. The summed E-state index contributed by atoms with van der Waals surface area (Å²) in [4.78, 5) is 17.0. The van der Waals surface area contributed by atoms with Crippen LogP contribution in [-0.4, -0.2) is 29.2 Å². The number of imidazole rings is 1. The van der Waals surface area contributed by atoms with E-state index in [1.54, 1.807) is 48.3 Å². The van der Waals surface area contributed by atoms with Gasteiger partial charge in [-0.3, -0.25) is 4.79 Å². The van der Waals surface area contributed by atoms with E-state index in [9.17, 15) is 9.18 Å². The van der Waals surface area contributed by atoms with Crippen molar-refractivity contribution < 1.29 is 18.7 Å². The molecule has 1 heterocycles. The van der Waals surface area contributed by atoms with Gasteiger partial charge in [-0.15, -0.1) is 6.58 Å². The molecule has 3 aromatic rings. The molecule has 2 aromatic carbocycles. The van der Waals surface area contributed by atoms with Gasteiger partial charge in [-0.25, -0.2) is 9.37 Å². The third kappa shape index (κ3) is 5.05. The number of nitrogens with zero attached hydrogens (tertiary/aromatic N) is 2. The molecule has 156 valence electrons. The number of rotatable bonds is 9. The zero-order chi connectivity index (χ0) is 21.5. The number of methoxy groups -OCH3 is 1. The van der Waals surface area contributed by atoms with Gasteiger partial charge in [0.2, 0.25) is 0 Å². The maximum absolute atomic E-state index is 13.3. The van der Waals surface area contributed by atoms with Crippen LogP contribution in [0.25, 0.3) is 0 Å².